The molecule has 1 aromatic heterocycles. The highest BCUT2D eigenvalue weighted by atomic mass is 32.1. The molecule has 1 aromatic rings. The van der Waals surface area contributed by atoms with Gasteiger partial charge in [-0.15, -0.1) is 11.3 Å². The summed E-state index contributed by atoms with van der Waals surface area (Å²) in [5.74, 6) is 0. The van der Waals surface area contributed by atoms with E-state index < -0.39 is 0 Å². The standard InChI is InChI=1S/C15H19NS/c1-5-9-12-13(10-6-2)17-14(11-7-3)15(12)16-8-4/h5-11H,1-4H3/b9-5-,10-6-,11-7-,16-8-. The normalized spacial score (nSPS) is 12.9. The van der Waals surface area contributed by atoms with Gasteiger partial charge in [-0.1, -0.05) is 24.3 Å². The largest absolute Gasteiger partial charge is 0.259 e. The van der Waals surface area contributed by atoms with E-state index in [9.17, 15) is 0 Å². The number of hydrogen-bond acceptors (Lipinski definition) is 2. The maximum Gasteiger partial charge on any atom is 0.0884 e. The van der Waals surface area contributed by atoms with Crippen molar-refractivity contribution in [1.29, 1.82) is 0 Å². The maximum absolute atomic E-state index is 4.50. The molecule has 0 fully saturated rings. The lowest BCUT2D eigenvalue weighted by Gasteiger charge is -1.95. The first-order valence-corrected chi connectivity index (χ1v) is 6.63. The summed E-state index contributed by atoms with van der Waals surface area (Å²) in [5, 5.41) is 0. The van der Waals surface area contributed by atoms with E-state index in [-0.39, 0.29) is 0 Å². The van der Waals surface area contributed by atoms with Crippen LogP contribution in [0.2, 0.25) is 0 Å². The Hall–Kier alpha value is -1.41. The summed E-state index contributed by atoms with van der Waals surface area (Å²) in [6.07, 6.45) is 14.4. The molecule has 0 aromatic carbocycles. The van der Waals surface area contributed by atoms with Gasteiger partial charge in [0.25, 0.3) is 0 Å². The van der Waals surface area contributed by atoms with Gasteiger partial charge in [0.15, 0.2) is 0 Å². The predicted octanol–water partition coefficient (Wildman–Crippen LogP) is 5.57. The summed E-state index contributed by atoms with van der Waals surface area (Å²) in [6.45, 7) is 8.05. The molecule has 0 atom stereocenters. The lowest BCUT2D eigenvalue weighted by molar-refractivity contribution is 1.54. The SMILES string of the molecule is C/C=C\c1sc(/C=C\C)c(/N=C\C)c1/C=C\C. The Morgan fingerprint density at radius 3 is 1.94 bits per heavy atom. The Balaban J connectivity index is 3.47. The van der Waals surface area contributed by atoms with Gasteiger partial charge >= 0.3 is 0 Å². The van der Waals surface area contributed by atoms with Crippen molar-refractivity contribution in [1.82, 2.24) is 0 Å². The van der Waals surface area contributed by atoms with Gasteiger partial charge in [-0.05, 0) is 39.8 Å². The zero-order valence-corrected chi connectivity index (χ0v) is 11.7. The van der Waals surface area contributed by atoms with Crippen molar-refractivity contribution in [3.05, 3.63) is 33.5 Å². The van der Waals surface area contributed by atoms with Crippen LogP contribution >= 0.6 is 11.3 Å². The van der Waals surface area contributed by atoms with Crippen molar-refractivity contribution < 1.29 is 0 Å². The predicted molar refractivity (Wildman–Crippen MR) is 82.3 cm³/mol. The molecule has 1 heterocycles. The van der Waals surface area contributed by atoms with Crippen LogP contribution in [0.25, 0.3) is 18.2 Å². The lowest BCUT2D eigenvalue weighted by atomic mass is 10.1. The Bertz CT molecular complexity index is 431. The van der Waals surface area contributed by atoms with Crippen LogP contribution in [0, 0.1) is 0 Å². The minimum atomic E-state index is 1.07. The third kappa shape index (κ3) is 3.27. The van der Waals surface area contributed by atoms with E-state index in [4.69, 9.17) is 0 Å². The van der Waals surface area contributed by atoms with Crippen LogP contribution in [0.15, 0.2) is 23.2 Å². The molecule has 90 valence electrons. The van der Waals surface area contributed by atoms with E-state index >= 15 is 0 Å². The number of thiophene rings is 1. The van der Waals surface area contributed by atoms with Crippen LogP contribution in [0.3, 0.4) is 0 Å². The molecule has 0 amide bonds. The molecule has 1 nitrogen and oxygen atoms in total. The zero-order valence-electron chi connectivity index (χ0n) is 10.9. The summed E-state index contributed by atoms with van der Waals surface area (Å²) < 4.78 is 0. The van der Waals surface area contributed by atoms with Gasteiger partial charge in [0.05, 0.1) is 10.6 Å². The molecule has 0 aliphatic carbocycles. The van der Waals surface area contributed by atoms with Crippen molar-refractivity contribution in [2.24, 2.45) is 4.99 Å². The second kappa shape index (κ2) is 7.02. The molecule has 0 unspecified atom stereocenters. The molecule has 0 aliphatic heterocycles. The van der Waals surface area contributed by atoms with Crippen LogP contribution in [0.4, 0.5) is 5.69 Å². The molecule has 0 saturated heterocycles. The Morgan fingerprint density at radius 2 is 1.41 bits per heavy atom. The maximum atomic E-state index is 4.50. The fraction of sp³-hybridized carbons (Fsp3) is 0.267. The van der Waals surface area contributed by atoms with Gasteiger partial charge in [-0.2, -0.15) is 0 Å². The van der Waals surface area contributed by atoms with Crippen molar-refractivity contribution in [2.45, 2.75) is 27.7 Å². The van der Waals surface area contributed by atoms with E-state index in [1.807, 2.05) is 33.9 Å². The second-order valence-corrected chi connectivity index (χ2v) is 4.56. The fourth-order valence-corrected chi connectivity index (χ4v) is 2.78. The quantitative estimate of drug-likeness (QED) is 0.615. The summed E-state index contributed by atoms with van der Waals surface area (Å²) >= 11 is 1.78. The minimum Gasteiger partial charge on any atom is -0.259 e. The Labute approximate surface area is 108 Å². The summed E-state index contributed by atoms with van der Waals surface area (Å²) in [5.41, 5.74) is 2.28. The smallest absolute Gasteiger partial charge is 0.0884 e. The highest BCUT2D eigenvalue weighted by molar-refractivity contribution is 7.14. The van der Waals surface area contributed by atoms with Crippen molar-refractivity contribution in [3.8, 4) is 0 Å². The molecule has 0 N–H and O–H groups in total. The van der Waals surface area contributed by atoms with Crippen LogP contribution in [0.1, 0.15) is 43.0 Å². The molecule has 0 aliphatic rings. The number of hydrogen-bond donors (Lipinski definition) is 0. The molecule has 2 heteroatoms. The van der Waals surface area contributed by atoms with E-state index in [1.54, 1.807) is 11.3 Å². The molecular weight excluding hydrogens is 226 g/mol. The number of rotatable bonds is 4. The molecule has 0 bridgehead atoms. The van der Waals surface area contributed by atoms with Crippen LogP contribution in [-0.2, 0) is 0 Å². The molecule has 0 saturated carbocycles. The van der Waals surface area contributed by atoms with Crippen LogP contribution in [-0.4, -0.2) is 6.21 Å². The highest BCUT2D eigenvalue weighted by Gasteiger charge is 2.11. The number of nitrogens with zero attached hydrogens (tertiary/aromatic N) is 1. The fourth-order valence-electron chi connectivity index (χ4n) is 1.60. The second-order valence-electron chi connectivity index (χ2n) is 3.48. The average molecular weight is 245 g/mol. The van der Waals surface area contributed by atoms with Gasteiger partial charge in [0, 0.05) is 16.7 Å². The first-order chi connectivity index (χ1) is 8.28. The van der Waals surface area contributed by atoms with Gasteiger partial charge in [-0.25, -0.2) is 0 Å². The lowest BCUT2D eigenvalue weighted by Crippen LogP contribution is -1.73. The zero-order chi connectivity index (χ0) is 12.7. The molecule has 0 radical (unpaired) electrons. The molecule has 17 heavy (non-hydrogen) atoms. The van der Waals surface area contributed by atoms with Crippen molar-refractivity contribution >= 4 is 41.5 Å². The Kier molecular flexibility index (Phi) is 5.64. The van der Waals surface area contributed by atoms with Crippen molar-refractivity contribution in [2.75, 3.05) is 0 Å². The number of allylic oxidation sites excluding steroid dienone is 3. The first kappa shape index (κ1) is 13.7. The summed E-state index contributed by atoms with van der Waals surface area (Å²) in [4.78, 5) is 6.97. The minimum absolute atomic E-state index is 1.07. The van der Waals surface area contributed by atoms with Gasteiger partial charge in [0.1, 0.15) is 0 Å². The summed E-state index contributed by atoms with van der Waals surface area (Å²) in [7, 11) is 0. The van der Waals surface area contributed by atoms with Gasteiger partial charge in [0.2, 0.25) is 0 Å². The first-order valence-electron chi connectivity index (χ1n) is 5.82. The monoisotopic (exact) mass is 245 g/mol. The van der Waals surface area contributed by atoms with E-state index in [1.165, 1.54) is 15.3 Å². The molecule has 0 spiro atoms. The number of aliphatic imine (C=N–C) groups is 1. The highest BCUT2D eigenvalue weighted by Crippen LogP contribution is 2.38. The van der Waals surface area contributed by atoms with E-state index in [0.717, 1.165) is 5.69 Å². The summed E-state index contributed by atoms with van der Waals surface area (Å²) in [6, 6.07) is 0. The van der Waals surface area contributed by atoms with Gasteiger partial charge in [-0.3, -0.25) is 4.99 Å². The van der Waals surface area contributed by atoms with E-state index in [0.29, 0.717) is 0 Å². The third-order valence-electron chi connectivity index (χ3n) is 2.20. The van der Waals surface area contributed by atoms with Crippen LogP contribution < -0.4 is 0 Å². The third-order valence-corrected chi connectivity index (χ3v) is 3.33. The topological polar surface area (TPSA) is 12.4 Å². The Morgan fingerprint density at radius 1 is 0.824 bits per heavy atom. The van der Waals surface area contributed by atoms with Crippen LogP contribution in [0.5, 0.6) is 0 Å². The molecular formula is C15H19NS. The average Bonchev–Trinajstić information content (AvgIpc) is 2.61. The van der Waals surface area contributed by atoms with Crippen molar-refractivity contribution in [3.63, 3.8) is 0 Å². The molecule has 1 rings (SSSR count). The van der Waals surface area contributed by atoms with Gasteiger partial charge < -0.3 is 0 Å². The van der Waals surface area contributed by atoms with E-state index in [2.05, 4.69) is 41.4 Å².